The minimum absolute atomic E-state index is 0.175. The molecular weight excluding hydrogens is 186 g/mol. The van der Waals surface area contributed by atoms with Crippen molar-refractivity contribution in [2.75, 3.05) is 13.7 Å². The Hall–Kier alpha value is -0.0800. The normalized spacial score (nSPS) is 27.6. The van der Waals surface area contributed by atoms with Gasteiger partial charge in [0, 0.05) is 12.6 Å². The molecule has 2 aliphatic carbocycles. The van der Waals surface area contributed by atoms with Gasteiger partial charge in [-0.15, -0.1) is 0 Å². The van der Waals surface area contributed by atoms with Gasteiger partial charge in [0.25, 0.3) is 0 Å². The molecule has 1 unspecified atom stereocenters. The first-order valence-electron chi connectivity index (χ1n) is 6.63. The summed E-state index contributed by atoms with van der Waals surface area (Å²) in [6.45, 7) is 3.00. The summed E-state index contributed by atoms with van der Waals surface area (Å²) in [5.74, 6) is 0.875. The van der Waals surface area contributed by atoms with Crippen molar-refractivity contribution in [2.24, 2.45) is 5.92 Å². The fourth-order valence-corrected chi connectivity index (χ4v) is 3.51. The Morgan fingerprint density at radius 1 is 1.27 bits per heavy atom. The summed E-state index contributed by atoms with van der Waals surface area (Å²) in [7, 11) is 2.11. The van der Waals surface area contributed by atoms with Gasteiger partial charge in [-0.25, -0.2) is 0 Å². The maximum Gasteiger partial charge on any atom is 0.0837 e. The Bertz CT molecular complexity index is 195. The number of rotatable bonds is 5. The molecular formula is C13H25NO. The largest absolute Gasteiger partial charge is 0.374 e. The monoisotopic (exact) mass is 211 g/mol. The van der Waals surface area contributed by atoms with Gasteiger partial charge in [-0.2, -0.15) is 0 Å². The summed E-state index contributed by atoms with van der Waals surface area (Å²) in [6, 6.07) is 0.605. The van der Waals surface area contributed by atoms with Crippen molar-refractivity contribution in [1.29, 1.82) is 0 Å². The lowest BCUT2D eigenvalue weighted by atomic mass is 9.72. The summed E-state index contributed by atoms with van der Waals surface area (Å²) in [5.41, 5.74) is 0.175. The quantitative estimate of drug-likeness (QED) is 0.755. The fourth-order valence-electron chi connectivity index (χ4n) is 3.51. The van der Waals surface area contributed by atoms with Crippen LogP contribution in [0.1, 0.15) is 51.9 Å². The van der Waals surface area contributed by atoms with Crippen LogP contribution in [0.25, 0.3) is 0 Å². The Balaban J connectivity index is 2.06. The fraction of sp³-hybridized carbons (Fsp3) is 1.00. The lowest BCUT2D eigenvalue weighted by Gasteiger charge is -2.45. The third-order valence-corrected chi connectivity index (χ3v) is 4.38. The van der Waals surface area contributed by atoms with Crippen LogP contribution in [0, 0.1) is 5.92 Å². The second-order valence-electron chi connectivity index (χ2n) is 5.16. The summed E-state index contributed by atoms with van der Waals surface area (Å²) < 4.78 is 6.14. The number of hydrogen-bond acceptors (Lipinski definition) is 2. The molecule has 0 aliphatic heterocycles. The number of nitrogens with one attached hydrogen (secondary N) is 1. The van der Waals surface area contributed by atoms with Crippen LogP contribution in [0.5, 0.6) is 0 Å². The zero-order valence-corrected chi connectivity index (χ0v) is 10.2. The van der Waals surface area contributed by atoms with E-state index in [2.05, 4.69) is 19.3 Å². The highest BCUT2D eigenvalue weighted by molar-refractivity contribution is 5.01. The molecule has 1 N–H and O–H groups in total. The SMILES string of the molecule is CCOC1(C(NC)C2CCC2)CCCC1. The molecule has 0 aromatic heterocycles. The average molecular weight is 211 g/mol. The molecule has 1 atom stereocenters. The molecule has 2 aliphatic rings. The van der Waals surface area contributed by atoms with Crippen LogP contribution in [-0.4, -0.2) is 25.3 Å². The zero-order valence-electron chi connectivity index (χ0n) is 10.2. The predicted molar refractivity (Wildman–Crippen MR) is 63.0 cm³/mol. The van der Waals surface area contributed by atoms with Crippen LogP contribution in [0.3, 0.4) is 0 Å². The van der Waals surface area contributed by atoms with Crippen molar-refractivity contribution in [3.05, 3.63) is 0 Å². The van der Waals surface area contributed by atoms with E-state index < -0.39 is 0 Å². The lowest BCUT2D eigenvalue weighted by Crippen LogP contribution is -2.55. The first kappa shape index (κ1) is 11.4. The van der Waals surface area contributed by atoms with Crippen LogP contribution in [0.4, 0.5) is 0 Å². The topological polar surface area (TPSA) is 21.3 Å². The lowest BCUT2D eigenvalue weighted by molar-refractivity contribution is -0.0821. The second kappa shape index (κ2) is 4.84. The first-order chi connectivity index (χ1) is 7.32. The summed E-state index contributed by atoms with van der Waals surface area (Å²) in [4.78, 5) is 0. The van der Waals surface area contributed by atoms with Crippen molar-refractivity contribution in [2.45, 2.75) is 63.5 Å². The van der Waals surface area contributed by atoms with Gasteiger partial charge in [-0.05, 0) is 45.6 Å². The Labute approximate surface area is 93.8 Å². The zero-order chi connectivity index (χ0) is 10.7. The van der Waals surface area contributed by atoms with Crippen LogP contribution < -0.4 is 5.32 Å². The highest BCUT2D eigenvalue weighted by atomic mass is 16.5. The molecule has 0 aromatic rings. The molecule has 2 nitrogen and oxygen atoms in total. The molecule has 88 valence electrons. The molecule has 0 bridgehead atoms. The van der Waals surface area contributed by atoms with E-state index in [1.54, 1.807) is 0 Å². The molecule has 0 heterocycles. The minimum atomic E-state index is 0.175. The van der Waals surface area contributed by atoms with E-state index >= 15 is 0 Å². The molecule has 0 saturated heterocycles. The van der Waals surface area contributed by atoms with Gasteiger partial charge in [0.1, 0.15) is 0 Å². The van der Waals surface area contributed by atoms with Crippen LogP contribution in [0.15, 0.2) is 0 Å². The highest BCUT2D eigenvalue weighted by Crippen LogP contribution is 2.43. The van der Waals surface area contributed by atoms with E-state index in [1.165, 1.54) is 44.9 Å². The van der Waals surface area contributed by atoms with E-state index in [0.29, 0.717) is 6.04 Å². The number of likely N-dealkylation sites (N-methyl/N-ethyl adjacent to an activating group) is 1. The second-order valence-corrected chi connectivity index (χ2v) is 5.16. The predicted octanol–water partition coefficient (Wildman–Crippen LogP) is 2.72. The molecule has 2 fully saturated rings. The van der Waals surface area contributed by atoms with Gasteiger partial charge in [0.05, 0.1) is 5.60 Å². The standard InChI is InChI=1S/C13H25NO/c1-3-15-13(9-4-5-10-13)12(14-2)11-7-6-8-11/h11-12,14H,3-10H2,1-2H3. The maximum absolute atomic E-state index is 6.14. The van der Waals surface area contributed by atoms with Gasteiger partial charge in [-0.1, -0.05) is 19.3 Å². The van der Waals surface area contributed by atoms with E-state index in [4.69, 9.17) is 4.74 Å². The molecule has 0 aromatic carbocycles. The van der Waals surface area contributed by atoms with E-state index in [1.807, 2.05) is 0 Å². The molecule has 15 heavy (non-hydrogen) atoms. The van der Waals surface area contributed by atoms with Crippen molar-refractivity contribution in [3.8, 4) is 0 Å². The number of ether oxygens (including phenoxy) is 1. The smallest absolute Gasteiger partial charge is 0.0837 e. The molecule has 0 spiro atoms. The molecule has 2 saturated carbocycles. The Morgan fingerprint density at radius 2 is 1.93 bits per heavy atom. The van der Waals surface area contributed by atoms with E-state index in [9.17, 15) is 0 Å². The molecule has 0 radical (unpaired) electrons. The van der Waals surface area contributed by atoms with Gasteiger partial charge >= 0.3 is 0 Å². The Morgan fingerprint density at radius 3 is 2.33 bits per heavy atom. The summed E-state index contributed by atoms with van der Waals surface area (Å²) in [6.07, 6.45) is 9.47. The minimum Gasteiger partial charge on any atom is -0.374 e. The maximum atomic E-state index is 6.14. The highest BCUT2D eigenvalue weighted by Gasteiger charge is 2.46. The van der Waals surface area contributed by atoms with Gasteiger partial charge < -0.3 is 10.1 Å². The van der Waals surface area contributed by atoms with Crippen LogP contribution >= 0.6 is 0 Å². The van der Waals surface area contributed by atoms with Crippen molar-refractivity contribution in [1.82, 2.24) is 5.32 Å². The van der Waals surface area contributed by atoms with Crippen LogP contribution in [0.2, 0.25) is 0 Å². The third-order valence-electron chi connectivity index (χ3n) is 4.38. The van der Waals surface area contributed by atoms with Crippen molar-refractivity contribution >= 4 is 0 Å². The van der Waals surface area contributed by atoms with Crippen molar-refractivity contribution < 1.29 is 4.74 Å². The molecule has 2 heteroatoms. The first-order valence-corrected chi connectivity index (χ1v) is 6.63. The molecule has 0 amide bonds. The van der Waals surface area contributed by atoms with Gasteiger partial charge in [-0.3, -0.25) is 0 Å². The van der Waals surface area contributed by atoms with Crippen molar-refractivity contribution in [3.63, 3.8) is 0 Å². The van der Waals surface area contributed by atoms with Gasteiger partial charge in [0.2, 0.25) is 0 Å². The summed E-state index contributed by atoms with van der Waals surface area (Å²) >= 11 is 0. The third kappa shape index (κ3) is 2.07. The average Bonchev–Trinajstić information content (AvgIpc) is 2.61. The van der Waals surface area contributed by atoms with Crippen LogP contribution in [-0.2, 0) is 4.74 Å². The van der Waals surface area contributed by atoms with Gasteiger partial charge in [0.15, 0.2) is 0 Å². The summed E-state index contributed by atoms with van der Waals surface area (Å²) in [5, 5.41) is 3.55. The Kier molecular flexibility index (Phi) is 3.68. The van der Waals surface area contributed by atoms with E-state index in [0.717, 1.165) is 12.5 Å². The number of hydrogen-bond donors (Lipinski definition) is 1. The van der Waals surface area contributed by atoms with E-state index in [-0.39, 0.29) is 5.60 Å². The molecule has 2 rings (SSSR count).